The standard InChI is InChI=1S/C15H29N3.HI/c1-12-4-3-5-13(10-12)8-9-17-15(16-2)18-11-14-6-7-14;/h12-14H,3-11H2,1-2H3,(H2,16,17,18);1H. The van der Waals surface area contributed by atoms with Crippen LogP contribution in [0.3, 0.4) is 0 Å². The minimum absolute atomic E-state index is 0. The van der Waals surface area contributed by atoms with E-state index in [1.54, 1.807) is 0 Å². The van der Waals surface area contributed by atoms with Gasteiger partial charge in [-0.05, 0) is 43.4 Å². The van der Waals surface area contributed by atoms with Crippen LogP contribution >= 0.6 is 24.0 Å². The predicted octanol–water partition coefficient (Wildman–Crippen LogP) is 3.40. The third-order valence-electron chi connectivity index (χ3n) is 4.37. The lowest BCUT2D eigenvalue weighted by molar-refractivity contribution is 0.270. The van der Waals surface area contributed by atoms with Gasteiger partial charge in [-0.3, -0.25) is 4.99 Å². The number of nitrogens with one attached hydrogen (secondary N) is 2. The Morgan fingerprint density at radius 1 is 1.11 bits per heavy atom. The van der Waals surface area contributed by atoms with E-state index in [1.165, 1.54) is 44.9 Å². The third-order valence-corrected chi connectivity index (χ3v) is 4.37. The van der Waals surface area contributed by atoms with Gasteiger partial charge in [0.25, 0.3) is 0 Å². The Morgan fingerprint density at radius 3 is 2.53 bits per heavy atom. The van der Waals surface area contributed by atoms with Crippen LogP contribution in [0.25, 0.3) is 0 Å². The van der Waals surface area contributed by atoms with Crippen LogP contribution in [0, 0.1) is 17.8 Å². The van der Waals surface area contributed by atoms with E-state index in [4.69, 9.17) is 0 Å². The maximum atomic E-state index is 4.28. The summed E-state index contributed by atoms with van der Waals surface area (Å²) >= 11 is 0. The molecule has 2 rings (SSSR count). The fourth-order valence-corrected chi connectivity index (χ4v) is 3.00. The Labute approximate surface area is 135 Å². The molecule has 0 amide bonds. The van der Waals surface area contributed by atoms with Crippen molar-refractivity contribution in [2.45, 2.75) is 51.9 Å². The molecule has 2 fully saturated rings. The summed E-state index contributed by atoms with van der Waals surface area (Å²) in [6.07, 6.45) is 9.81. The van der Waals surface area contributed by atoms with Crippen molar-refractivity contribution < 1.29 is 0 Å². The fourth-order valence-electron chi connectivity index (χ4n) is 3.00. The topological polar surface area (TPSA) is 36.4 Å². The smallest absolute Gasteiger partial charge is 0.190 e. The van der Waals surface area contributed by atoms with E-state index in [9.17, 15) is 0 Å². The van der Waals surface area contributed by atoms with Crippen LogP contribution in [0.4, 0.5) is 0 Å². The van der Waals surface area contributed by atoms with Crippen molar-refractivity contribution in [2.24, 2.45) is 22.7 Å². The van der Waals surface area contributed by atoms with Gasteiger partial charge >= 0.3 is 0 Å². The average molecular weight is 379 g/mol. The van der Waals surface area contributed by atoms with Crippen LogP contribution in [-0.2, 0) is 0 Å². The second-order valence-electron chi connectivity index (χ2n) is 6.25. The van der Waals surface area contributed by atoms with Gasteiger partial charge in [0.1, 0.15) is 0 Å². The van der Waals surface area contributed by atoms with Crippen LogP contribution in [0.15, 0.2) is 4.99 Å². The molecule has 0 aromatic heterocycles. The highest BCUT2D eigenvalue weighted by Gasteiger charge is 2.21. The SMILES string of the molecule is CN=C(NCCC1CCCC(C)C1)NCC1CC1.I. The van der Waals surface area contributed by atoms with Crippen LogP contribution in [-0.4, -0.2) is 26.1 Å². The van der Waals surface area contributed by atoms with Crippen molar-refractivity contribution in [2.75, 3.05) is 20.1 Å². The van der Waals surface area contributed by atoms with Gasteiger partial charge in [-0.25, -0.2) is 0 Å². The van der Waals surface area contributed by atoms with Gasteiger partial charge in [0, 0.05) is 20.1 Å². The van der Waals surface area contributed by atoms with Crippen LogP contribution in [0.1, 0.15) is 51.9 Å². The first kappa shape index (κ1) is 17.1. The Bertz CT molecular complexity index is 277. The average Bonchev–Trinajstić information content (AvgIpc) is 3.17. The molecule has 0 spiro atoms. The predicted molar refractivity (Wildman–Crippen MR) is 93.2 cm³/mol. The highest BCUT2D eigenvalue weighted by atomic mass is 127. The Hall–Kier alpha value is 0. The maximum Gasteiger partial charge on any atom is 0.190 e. The highest BCUT2D eigenvalue weighted by Crippen LogP contribution is 2.30. The number of aliphatic imine (C=N–C) groups is 1. The minimum atomic E-state index is 0. The normalized spacial score (nSPS) is 27.6. The molecule has 2 N–H and O–H groups in total. The number of rotatable bonds is 5. The summed E-state index contributed by atoms with van der Waals surface area (Å²) in [6.45, 7) is 4.57. The Kier molecular flexibility index (Phi) is 8.11. The molecule has 0 radical (unpaired) electrons. The third kappa shape index (κ3) is 6.82. The molecule has 19 heavy (non-hydrogen) atoms. The summed E-state index contributed by atoms with van der Waals surface area (Å²) in [4.78, 5) is 4.28. The number of nitrogens with zero attached hydrogens (tertiary/aromatic N) is 1. The van der Waals surface area contributed by atoms with Crippen LogP contribution in [0.5, 0.6) is 0 Å². The summed E-state index contributed by atoms with van der Waals surface area (Å²) in [7, 11) is 1.87. The van der Waals surface area contributed by atoms with Gasteiger partial charge in [-0.2, -0.15) is 0 Å². The first-order valence-electron chi connectivity index (χ1n) is 7.72. The molecular formula is C15H30IN3. The second-order valence-corrected chi connectivity index (χ2v) is 6.25. The zero-order chi connectivity index (χ0) is 12.8. The van der Waals surface area contributed by atoms with Crippen molar-refractivity contribution in [3.8, 4) is 0 Å². The van der Waals surface area contributed by atoms with Gasteiger partial charge in [-0.1, -0.05) is 26.2 Å². The monoisotopic (exact) mass is 379 g/mol. The molecule has 2 saturated carbocycles. The first-order valence-corrected chi connectivity index (χ1v) is 7.72. The molecule has 0 aromatic carbocycles. The van der Waals surface area contributed by atoms with Crippen molar-refractivity contribution in [1.82, 2.24) is 10.6 Å². The minimum Gasteiger partial charge on any atom is -0.356 e. The maximum absolute atomic E-state index is 4.28. The molecule has 0 aromatic rings. The molecule has 2 aliphatic rings. The van der Waals surface area contributed by atoms with Crippen molar-refractivity contribution in [3.63, 3.8) is 0 Å². The molecule has 4 heteroatoms. The molecule has 3 nitrogen and oxygen atoms in total. The molecule has 2 atom stereocenters. The molecule has 112 valence electrons. The highest BCUT2D eigenvalue weighted by molar-refractivity contribution is 14.0. The van der Waals surface area contributed by atoms with E-state index in [0.29, 0.717) is 0 Å². The Balaban J connectivity index is 0.00000180. The lowest BCUT2D eigenvalue weighted by Gasteiger charge is -2.26. The summed E-state index contributed by atoms with van der Waals surface area (Å²) in [5, 5.41) is 6.87. The van der Waals surface area contributed by atoms with E-state index >= 15 is 0 Å². The van der Waals surface area contributed by atoms with Gasteiger partial charge in [0.15, 0.2) is 5.96 Å². The summed E-state index contributed by atoms with van der Waals surface area (Å²) in [5.74, 6) is 3.77. The van der Waals surface area contributed by atoms with Crippen molar-refractivity contribution in [3.05, 3.63) is 0 Å². The fraction of sp³-hybridized carbons (Fsp3) is 0.933. The molecule has 2 aliphatic carbocycles. The number of hydrogen-bond acceptors (Lipinski definition) is 1. The molecule has 0 saturated heterocycles. The van der Waals surface area contributed by atoms with Gasteiger partial charge < -0.3 is 10.6 Å². The zero-order valence-corrected chi connectivity index (χ0v) is 14.8. The summed E-state index contributed by atoms with van der Waals surface area (Å²) < 4.78 is 0. The molecule has 0 bridgehead atoms. The van der Waals surface area contributed by atoms with E-state index < -0.39 is 0 Å². The summed E-state index contributed by atoms with van der Waals surface area (Å²) in [6, 6.07) is 0. The number of hydrogen-bond donors (Lipinski definition) is 2. The Morgan fingerprint density at radius 2 is 1.89 bits per heavy atom. The molecule has 0 heterocycles. The van der Waals surface area contributed by atoms with E-state index in [-0.39, 0.29) is 24.0 Å². The lowest BCUT2D eigenvalue weighted by atomic mass is 9.81. The summed E-state index contributed by atoms with van der Waals surface area (Å²) in [5.41, 5.74) is 0. The number of halogens is 1. The van der Waals surface area contributed by atoms with Gasteiger partial charge in [0.05, 0.1) is 0 Å². The molecule has 0 aliphatic heterocycles. The number of guanidine groups is 1. The van der Waals surface area contributed by atoms with E-state index in [0.717, 1.165) is 36.8 Å². The van der Waals surface area contributed by atoms with Crippen LogP contribution < -0.4 is 10.6 Å². The quantitative estimate of drug-likeness (QED) is 0.437. The van der Waals surface area contributed by atoms with E-state index in [1.807, 2.05) is 7.05 Å². The van der Waals surface area contributed by atoms with E-state index in [2.05, 4.69) is 22.5 Å². The molecular weight excluding hydrogens is 349 g/mol. The van der Waals surface area contributed by atoms with Crippen molar-refractivity contribution in [1.29, 1.82) is 0 Å². The lowest BCUT2D eigenvalue weighted by Crippen LogP contribution is -2.39. The zero-order valence-electron chi connectivity index (χ0n) is 12.5. The van der Waals surface area contributed by atoms with Gasteiger partial charge in [-0.15, -0.1) is 24.0 Å². The first-order chi connectivity index (χ1) is 8.78. The van der Waals surface area contributed by atoms with Gasteiger partial charge in [0.2, 0.25) is 0 Å². The van der Waals surface area contributed by atoms with Crippen molar-refractivity contribution >= 4 is 29.9 Å². The van der Waals surface area contributed by atoms with Crippen LogP contribution in [0.2, 0.25) is 0 Å². The second kappa shape index (κ2) is 9.03. The largest absolute Gasteiger partial charge is 0.356 e. The molecule has 2 unspecified atom stereocenters.